The fraction of sp³-hybridized carbons (Fsp3) is 0.474. The quantitative estimate of drug-likeness (QED) is 0.201. The lowest BCUT2D eigenvalue weighted by molar-refractivity contribution is -0.137. The number of carbonyl (C=O) groups is 2. The van der Waals surface area contributed by atoms with Crippen molar-refractivity contribution in [1.29, 1.82) is 0 Å². The van der Waals surface area contributed by atoms with Crippen molar-refractivity contribution in [1.82, 2.24) is 25.5 Å². The summed E-state index contributed by atoms with van der Waals surface area (Å²) in [6.45, 7) is 3.78. The van der Waals surface area contributed by atoms with Crippen LogP contribution in [0, 0.1) is 22.6 Å². The number of rotatable bonds is 9. The molecule has 2 aromatic heterocycles. The van der Waals surface area contributed by atoms with Crippen LogP contribution in [0.1, 0.15) is 76.4 Å². The van der Waals surface area contributed by atoms with Gasteiger partial charge in [0.25, 0.3) is 11.8 Å². The Morgan fingerprint density at radius 3 is 2.40 bits per heavy atom. The number of aliphatic hydroxyl groups is 1. The summed E-state index contributed by atoms with van der Waals surface area (Å²) in [5.41, 5.74) is 1.52. The molecule has 10 nitrogen and oxygen atoms in total. The molecule has 2 amide bonds. The topological polar surface area (TPSA) is 126 Å². The van der Waals surface area contributed by atoms with Crippen LogP contribution in [0.15, 0.2) is 59.8 Å². The molecule has 4 aliphatic carbocycles. The normalized spacial score (nSPS) is 28.3. The molecule has 3 saturated carbocycles. The molecule has 1 saturated heterocycles. The van der Waals surface area contributed by atoms with Crippen LogP contribution in [-0.4, -0.2) is 76.7 Å². The van der Waals surface area contributed by atoms with Gasteiger partial charge in [0.1, 0.15) is 22.8 Å². The number of halogens is 4. The van der Waals surface area contributed by atoms with Gasteiger partial charge in [-0.15, -0.1) is 11.3 Å². The Morgan fingerprint density at radius 1 is 1.02 bits per heavy atom. The highest BCUT2D eigenvalue weighted by Crippen LogP contribution is 2.66. The van der Waals surface area contributed by atoms with Crippen LogP contribution in [0.2, 0.25) is 0 Å². The summed E-state index contributed by atoms with van der Waals surface area (Å²) in [6, 6.07) is 8.32. The first kappa shape index (κ1) is 35.7. The molecule has 280 valence electrons. The van der Waals surface area contributed by atoms with Crippen LogP contribution in [0.4, 0.5) is 17.6 Å². The Labute approximate surface area is 307 Å². The smallest absolute Gasteiger partial charge is 0.443 e. The summed E-state index contributed by atoms with van der Waals surface area (Å²) >= 11 is 0.404. The fourth-order valence-corrected chi connectivity index (χ4v) is 8.96. The number of aromatic nitrogens is 2. The molecule has 0 radical (unpaired) electrons. The van der Waals surface area contributed by atoms with Gasteiger partial charge in [0.05, 0.1) is 25.2 Å². The lowest BCUT2D eigenvalue weighted by Gasteiger charge is -2.32. The second-order valence-corrected chi connectivity index (χ2v) is 15.8. The molecule has 3 heterocycles. The number of pyridine rings is 1. The van der Waals surface area contributed by atoms with Gasteiger partial charge in [0, 0.05) is 49.4 Å². The van der Waals surface area contributed by atoms with Crippen LogP contribution >= 0.6 is 11.3 Å². The van der Waals surface area contributed by atoms with E-state index in [0.717, 1.165) is 86.9 Å². The zero-order chi connectivity index (χ0) is 37.0. The number of thiazole rings is 1. The standard InChI is InChI=1S/C38H39F4N5O5S/c39-24-16-28(34(43-19-24)52-26-3-1-2-22(15-26)27-5-4-25(48)14-23(27)20-47-10-12-51-13-11-47)32(49)45-30-17-36(30)6-8-37(9-7-36)18-31(37)46-33(50)29-21-53-35(44-29)38(40,41)42/h1-5,15-16,19,21,23,30-31,48H,6-14,17-18,20H2,(H,45,49)(H,46,50)/t23?,30?,31-,36?,37?/m1/s1. The van der Waals surface area contributed by atoms with E-state index in [-0.39, 0.29) is 46.0 Å². The predicted molar refractivity (Wildman–Crippen MR) is 187 cm³/mol. The Kier molecular flexibility index (Phi) is 9.30. The largest absolute Gasteiger partial charge is 0.512 e. The van der Waals surface area contributed by atoms with Crippen LogP contribution in [-0.2, 0) is 10.9 Å². The van der Waals surface area contributed by atoms with Gasteiger partial charge in [0.15, 0.2) is 5.01 Å². The minimum absolute atomic E-state index is 0.0136. The van der Waals surface area contributed by atoms with Gasteiger partial charge in [-0.1, -0.05) is 18.2 Å². The van der Waals surface area contributed by atoms with Crippen molar-refractivity contribution < 1.29 is 41.7 Å². The van der Waals surface area contributed by atoms with Crippen molar-refractivity contribution in [2.45, 2.75) is 63.2 Å². The average Bonchev–Trinajstić information content (AvgIpc) is 3.90. The van der Waals surface area contributed by atoms with E-state index in [1.165, 1.54) is 0 Å². The number of amides is 2. The van der Waals surface area contributed by atoms with E-state index in [9.17, 15) is 32.3 Å². The molecule has 3 atom stereocenters. The highest BCUT2D eigenvalue weighted by molar-refractivity contribution is 7.10. The van der Waals surface area contributed by atoms with E-state index < -0.39 is 28.8 Å². The van der Waals surface area contributed by atoms with Crippen LogP contribution < -0.4 is 15.4 Å². The molecule has 3 aromatic rings. The average molecular weight is 754 g/mol. The van der Waals surface area contributed by atoms with Gasteiger partial charge in [-0.25, -0.2) is 14.4 Å². The zero-order valence-electron chi connectivity index (χ0n) is 28.8. The third kappa shape index (κ3) is 7.56. The number of allylic oxidation sites excluding steroid dienone is 3. The molecule has 5 aliphatic rings. The summed E-state index contributed by atoms with van der Waals surface area (Å²) < 4.78 is 64.9. The number of aliphatic hydroxyl groups excluding tert-OH is 1. The molecule has 15 heteroatoms. The molecule has 8 rings (SSSR count). The van der Waals surface area contributed by atoms with E-state index >= 15 is 0 Å². The second-order valence-electron chi connectivity index (χ2n) is 15.0. The maximum Gasteiger partial charge on any atom is 0.443 e. The van der Waals surface area contributed by atoms with Crippen LogP contribution in [0.25, 0.3) is 5.57 Å². The Morgan fingerprint density at radius 2 is 1.72 bits per heavy atom. The van der Waals surface area contributed by atoms with E-state index in [2.05, 4.69) is 25.5 Å². The maximum absolute atomic E-state index is 14.5. The minimum atomic E-state index is -4.59. The minimum Gasteiger partial charge on any atom is -0.512 e. The molecule has 2 spiro atoms. The first-order valence-corrected chi connectivity index (χ1v) is 18.8. The van der Waals surface area contributed by atoms with Gasteiger partial charge in [-0.2, -0.15) is 13.2 Å². The molecule has 1 aliphatic heterocycles. The van der Waals surface area contributed by atoms with Gasteiger partial charge in [-0.3, -0.25) is 14.5 Å². The third-order valence-corrected chi connectivity index (χ3v) is 12.5. The van der Waals surface area contributed by atoms with Gasteiger partial charge >= 0.3 is 6.18 Å². The number of benzene rings is 1. The molecule has 1 aromatic carbocycles. The molecular formula is C38H39F4N5O5S. The van der Waals surface area contributed by atoms with E-state index in [0.29, 0.717) is 42.5 Å². The Hall–Kier alpha value is -4.34. The summed E-state index contributed by atoms with van der Waals surface area (Å²) in [5, 5.41) is 16.4. The maximum atomic E-state index is 14.5. The number of nitrogens with zero attached hydrogens (tertiary/aromatic N) is 3. The van der Waals surface area contributed by atoms with E-state index in [1.54, 1.807) is 12.1 Å². The highest BCUT2D eigenvalue weighted by Gasteiger charge is 2.64. The molecule has 2 unspecified atom stereocenters. The number of hydrogen-bond acceptors (Lipinski definition) is 9. The number of ether oxygens (including phenoxy) is 2. The van der Waals surface area contributed by atoms with Crippen molar-refractivity contribution >= 4 is 28.7 Å². The number of morpholine rings is 1. The lowest BCUT2D eigenvalue weighted by Crippen LogP contribution is -2.39. The summed E-state index contributed by atoms with van der Waals surface area (Å²) in [4.78, 5) is 36.1. The molecule has 53 heavy (non-hydrogen) atoms. The molecule has 4 fully saturated rings. The lowest BCUT2D eigenvalue weighted by atomic mass is 9.76. The summed E-state index contributed by atoms with van der Waals surface area (Å²) in [6.07, 6.45) is 5.40. The van der Waals surface area contributed by atoms with E-state index in [1.807, 2.05) is 24.3 Å². The summed E-state index contributed by atoms with van der Waals surface area (Å²) in [5.74, 6) is -0.940. The number of alkyl halides is 3. The SMILES string of the molecule is O=C(N[C@@H]1CC12CCC1(CC2)CC1NC(=O)c1cc(F)cnc1Oc1cccc(C2=CC=C(O)CC2CN2CCOCC2)c1)c1csc(C(F)(F)F)n1. The Balaban J connectivity index is 0.885. The zero-order valence-corrected chi connectivity index (χ0v) is 29.6. The second kappa shape index (κ2) is 13.8. The number of carbonyl (C=O) groups excluding carboxylic acids is 2. The monoisotopic (exact) mass is 753 g/mol. The number of nitrogens with one attached hydrogen (secondary N) is 2. The van der Waals surface area contributed by atoms with Gasteiger partial charge in [-0.05, 0) is 84.8 Å². The van der Waals surface area contributed by atoms with E-state index in [4.69, 9.17) is 9.47 Å². The molecular weight excluding hydrogens is 715 g/mol. The third-order valence-electron chi connectivity index (χ3n) is 11.6. The van der Waals surface area contributed by atoms with Crippen molar-refractivity contribution in [3.05, 3.63) is 87.5 Å². The fourth-order valence-electron chi connectivity index (χ4n) is 8.30. The van der Waals surface area contributed by atoms with Crippen molar-refractivity contribution in [2.75, 3.05) is 32.8 Å². The first-order valence-electron chi connectivity index (χ1n) is 17.9. The van der Waals surface area contributed by atoms with Crippen molar-refractivity contribution in [2.24, 2.45) is 16.7 Å². The highest BCUT2D eigenvalue weighted by atomic mass is 32.1. The van der Waals surface area contributed by atoms with Gasteiger partial charge < -0.3 is 25.2 Å². The van der Waals surface area contributed by atoms with Crippen molar-refractivity contribution in [3.63, 3.8) is 0 Å². The molecule has 3 N–H and O–H groups in total. The van der Waals surface area contributed by atoms with Crippen molar-refractivity contribution in [3.8, 4) is 11.6 Å². The Bertz CT molecular complexity index is 1970. The summed E-state index contributed by atoms with van der Waals surface area (Å²) in [7, 11) is 0. The van der Waals surface area contributed by atoms with Gasteiger partial charge in [0.2, 0.25) is 5.88 Å². The van der Waals surface area contributed by atoms with Crippen LogP contribution in [0.5, 0.6) is 11.6 Å². The predicted octanol–water partition coefficient (Wildman–Crippen LogP) is 6.92. The number of hydrogen-bond donors (Lipinski definition) is 3. The first-order chi connectivity index (χ1) is 25.4. The molecule has 0 bridgehead atoms. The van der Waals surface area contributed by atoms with Crippen LogP contribution in [0.3, 0.4) is 0 Å².